The summed E-state index contributed by atoms with van der Waals surface area (Å²) in [6.45, 7) is 1.93. The fraction of sp³-hybridized carbons (Fsp3) is 0.526. The Kier molecular flexibility index (Phi) is 9.32. The minimum Gasteiger partial charge on any atom is -0.378 e. The Hall–Kier alpha value is -1.21. The van der Waals surface area contributed by atoms with Crippen LogP contribution < -0.4 is 9.47 Å². The number of hydrogen-bond donors (Lipinski definition) is 0. The maximum atomic E-state index is 4.58. The van der Waals surface area contributed by atoms with Crippen LogP contribution in [0.4, 0.5) is 17.3 Å². The number of aryl methyl sites for hydroxylation is 2. The molecule has 0 bridgehead atoms. The molecular weight excluding hydrogens is 458 g/mol. The first-order valence-electron chi connectivity index (χ1n) is 9.05. The van der Waals surface area contributed by atoms with Crippen LogP contribution in [-0.4, -0.2) is 29.3 Å². The molecule has 0 atom stereocenters. The van der Waals surface area contributed by atoms with Gasteiger partial charge >= 0.3 is 5.95 Å². The molecule has 0 spiro atoms. The van der Waals surface area contributed by atoms with Crippen LogP contribution in [0.25, 0.3) is 0 Å². The van der Waals surface area contributed by atoms with Gasteiger partial charge in [0, 0.05) is 35.6 Å². The molecule has 5 nitrogen and oxygen atoms in total. The van der Waals surface area contributed by atoms with E-state index in [4.69, 9.17) is 0 Å². The fourth-order valence-electron chi connectivity index (χ4n) is 2.60. The highest BCUT2D eigenvalue weighted by Crippen LogP contribution is 2.20. The molecule has 0 amide bonds. The first kappa shape index (κ1) is 21.1. The van der Waals surface area contributed by atoms with Crippen molar-refractivity contribution in [3.63, 3.8) is 0 Å². The molecule has 0 saturated heterocycles. The van der Waals surface area contributed by atoms with Gasteiger partial charge in [0.1, 0.15) is 5.69 Å². The molecule has 0 aliphatic carbocycles. The highest BCUT2D eigenvalue weighted by Gasteiger charge is 2.16. The van der Waals surface area contributed by atoms with Crippen molar-refractivity contribution in [1.82, 2.24) is 4.57 Å². The van der Waals surface area contributed by atoms with Gasteiger partial charge in [0.2, 0.25) is 0 Å². The summed E-state index contributed by atoms with van der Waals surface area (Å²) >= 11 is 7.00. The molecule has 0 N–H and O–H groups in total. The second kappa shape index (κ2) is 11.5. The molecule has 0 saturated carbocycles. The summed E-state index contributed by atoms with van der Waals surface area (Å²) in [5, 5.41) is 11.1. The van der Waals surface area contributed by atoms with E-state index in [0.29, 0.717) is 0 Å². The largest absolute Gasteiger partial charge is 0.421 e. The van der Waals surface area contributed by atoms with Gasteiger partial charge in [0.15, 0.2) is 0 Å². The van der Waals surface area contributed by atoms with Gasteiger partial charge in [0.05, 0.1) is 25.5 Å². The summed E-state index contributed by atoms with van der Waals surface area (Å²) in [7, 11) is 4.07. The lowest BCUT2D eigenvalue weighted by Gasteiger charge is -2.11. The second-order valence-corrected chi connectivity index (χ2v) is 7.97. The summed E-state index contributed by atoms with van der Waals surface area (Å²) in [5.41, 5.74) is 2.03. The predicted octanol–water partition coefficient (Wildman–Crippen LogP) is 5.61. The maximum Gasteiger partial charge on any atom is 0.421 e. The predicted molar refractivity (Wildman–Crippen MR) is 116 cm³/mol. The number of alkyl halides is 2. The van der Waals surface area contributed by atoms with Crippen molar-refractivity contribution >= 4 is 49.2 Å². The van der Waals surface area contributed by atoms with Crippen LogP contribution in [0.15, 0.2) is 46.9 Å². The highest BCUT2D eigenvalue weighted by molar-refractivity contribution is 9.09. The molecule has 142 valence electrons. The molecule has 2 rings (SSSR count). The van der Waals surface area contributed by atoms with E-state index < -0.39 is 0 Å². The summed E-state index contributed by atoms with van der Waals surface area (Å²) < 4.78 is 4.41. The number of anilines is 1. The van der Waals surface area contributed by atoms with Crippen molar-refractivity contribution in [1.29, 1.82) is 0 Å². The lowest BCUT2D eigenvalue weighted by atomic mass is 10.3. The average molecular weight is 486 g/mol. The van der Waals surface area contributed by atoms with Crippen LogP contribution >= 0.6 is 31.9 Å². The smallest absolute Gasteiger partial charge is 0.378 e. The zero-order valence-corrected chi connectivity index (χ0v) is 18.8. The van der Waals surface area contributed by atoms with E-state index in [2.05, 4.69) is 80.6 Å². The Balaban J connectivity index is 2.15. The molecule has 0 radical (unpaired) electrons. The lowest BCUT2D eigenvalue weighted by molar-refractivity contribution is -0.684. The number of imidazole rings is 1. The molecular formula is C19H28Br2N5+. The van der Waals surface area contributed by atoms with Crippen molar-refractivity contribution in [3.8, 4) is 0 Å². The Bertz CT molecular complexity index is 652. The Morgan fingerprint density at radius 3 is 2.31 bits per heavy atom. The van der Waals surface area contributed by atoms with Crippen LogP contribution in [0.2, 0.25) is 0 Å². The fourth-order valence-corrected chi connectivity index (χ4v) is 3.39. The molecule has 0 unspecified atom stereocenters. The molecule has 0 aliphatic rings. The molecule has 2 aromatic rings. The van der Waals surface area contributed by atoms with Crippen LogP contribution in [0.1, 0.15) is 25.7 Å². The number of hydrogen-bond acceptors (Lipinski definition) is 3. The number of azo groups is 1. The number of halogens is 2. The minimum atomic E-state index is 0.871. The normalized spacial score (nSPS) is 11.4. The standard InChI is InChI=1S/C19H28Br2N5/c1-24(2)18-9-7-17(8-10-18)22-23-19-25(13-5-3-11-20)15-16-26(19)14-6-4-12-21/h7-10,15-16H,3-6,11-14H2,1-2H3/q+1. The summed E-state index contributed by atoms with van der Waals surface area (Å²) in [6.07, 6.45) is 8.80. The Morgan fingerprint density at radius 1 is 0.962 bits per heavy atom. The Morgan fingerprint density at radius 2 is 1.65 bits per heavy atom. The van der Waals surface area contributed by atoms with Gasteiger partial charge in [0.25, 0.3) is 0 Å². The van der Waals surface area contributed by atoms with E-state index in [0.717, 1.165) is 66.8 Å². The third kappa shape index (κ3) is 6.50. The van der Waals surface area contributed by atoms with E-state index in [-0.39, 0.29) is 0 Å². The summed E-state index contributed by atoms with van der Waals surface area (Å²) in [4.78, 5) is 2.08. The third-order valence-electron chi connectivity index (χ3n) is 4.13. The van der Waals surface area contributed by atoms with Gasteiger partial charge in [-0.15, -0.1) is 0 Å². The molecule has 7 heteroatoms. The lowest BCUT2D eigenvalue weighted by Crippen LogP contribution is -2.32. The van der Waals surface area contributed by atoms with Gasteiger partial charge in [-0.3, -0.25) is 0 Å². The number of rotatable bonds is 11. The number of aromatic nitrogens is 2. The monoisotopic (exact) mass is 484 g/mol. The summed E-state index contributed by atoms with van der Waals surface area (Å²) in [5.74, 6) is 0.922. The van der Waals surface area contributed by atoms with Crippen LogP contribution in [0.5, 0.6) is 0 Å². The van der Waals surface area contributed by atoms with Gasteiger partial charge in [-0.2, -0.15) is 0 Å². The highest BCUT2D eigenvalue weighted by atomic mass is 79.9. The maximum absolute atomic E-state index is 4.58. The number of unbranched alkanes of at least 4 members (excludes halogenated alkanes) is 2. The van der Waals surface area contributed by atoms with Crippen LogP contribution in [0, 0.1) is 0 Å². The van der Waals surface area contributed by atoms with Crippen molar-refractivity contribution in [2.45, 2.75) is 38.8 Å². The van der Waals surface area contributed by atoms with Crippen molar-refractivity contribution in [2.24, 2.45) is 10.2 Å². The summed E-state index contributed by atoms with van der Waals surface area (Å²) in [6, 6.07) is 8.14. The van der Waals surface area contributed by atoms with Gasteiger partial charge in [-0.1, -0.05) is 37.0 Å². The van der Waals surface area contributed by atoms with Crippen molar-refractivity contribution < 1.29 is 4.57 Å². The molecule has 1 heterocycles. The number of nitrogens with zero attached hydrogens (tertiary/aromatic N) is 5. The van der Waals surface area contributed by atoms with Gasteiger partial charge in [-0.25, -0.2) is 9.13 Å². The Labute approximate surface area is 173 Å². The quantitative estimate of drug-likeness (QED) is 0.176. The molecule has 1 aromatic carbocycles. The van der Waals surface area contributed by atoms with Crippen LogP contribution in [0.3, 0.4) is 0 Å². The van der Waals surface area contributed by atoms with E-state index in [1.807, 2.05) is 26.2 Å². The minimum absolute atomic E-state index is 0.871. The van der Waals surface area contributed by atoms with Crippen LogP contribution in [-0.2, 0) is 13.1 Å². The van der Waals surface area contributed by atoms with E-state index in [1.165, 1.54) is 0 Å². The average Bonchev–Trinajstić information content (AvgIpc) is 3.02. The topological polar surface area (TPSA) is 36.8 Å². The van der Waals surface area contributed by atoms with E-state index in [9.17, 15) is 0 Å². The molecule has 26 heavy (non-hydrogen) atoms. The van der Waals surface area contributed by atoms with E-state index in [1.54, 1.807) is 0 Å². The van der Waals surface area contributed by atoms with Crippen molar-refractivity contribution in [3.05, 3.63) is 36.7 Å². The SMILES string of the molecule is CN(C)c1ccc(N=Nc2n(CCCCBr)cc[n+]2CCCCBr)cc1. The number of benzene rings is 1. The van der Waals surface area contributed by atoms with E-state index >= 15 is 0 Å². The zero-order chi connectivity index (χ0) is 18.8. The molecule has 1 aromatic heterocycles. The zero-order valence-electron chi connectivity index (χ0n) is 15.6. The molecule has 0 aliphatic heterocycles. The first-order chi connectivity index (χ1) is 12.7. The van der Waals surface area contributed by atoms with Gasteiger partial charge < -0.3 is 4.90 Å². The third-order valence-corrected chi connectivity index (χ3v) is 5.25. The van der Waals surface area contributed by atoms with Gasteiger partial charge in [-0.05, 0) is 49.9 Å². The second-order valence-electron chi connectivity index (χ2n) is 6.39. The molecule has 0 fully saturated rings. The van der Waals surface area contributed by atoms with Crippen molar-refractivity contribution in [2.75, 3.05) is 29.7 Å². The first-order valence-corrected chi connectivity index (χ1v) is 11.3.